The molecule has 1 aliphatic heterocycles. The average Bonchev–Trinajstić information content (AvgIpc) is 2.54. The van der Waals surface area contributed by atoms with Crippen molar-refractivity contribution in [1.82, 2.24) is 10.2 Å². The predicted octanol–water partition coefficient (Wildman–Crippen LogP) is 2.57. The van der Waals surface area contributed by atoms with Gasteiger partial charge in [0, 0.05) is 31.7 Å². The molecule has 2 rings (SSSR count). The molecule has 24 heavy (non-hydrogen) atoms. The summed E-state index contributed by atoms with van der Waals surface area (Å²) in [5.74, 6) is -0.0440. The van der Waals surface area contributed by atoms with Crippen LogP contribution >= 0.6 is 0 Å². The van der Waals surface area contributed by atoms with Crippen LogP contribution in [0.25, 0.3) is 0 Å². The van der Waals surface area contributed by atoms with Crippen molar-refractivity contribution in [2.45, 2.75) is 52.0 Å². The number of carbonyl (C=O) groups excluding carboxylic acids is 2. The molecular weight excluding hydrogens is 302 g/mol. The average molecular weight is 331 g/mol. The Labute approximate surface area is 144 Å². The Bertz CT molecular complexity index is 542. The maximum Gasteiger partial charge on any atom is 0.224 e. The van der Waals surface area contributed by atoms with Crippen LogP contribution in [0, 0.1) is 0 Å². The van der Waals surface area contributed by atoms with Crippen LogP contribution in [0.3, 0.4) is 0 Å². The van der Waals surface area contributed by atoms with Gasteiger partial charge in [-0.05, 0) is 50.4 Å². The second-order valence-corrected chi connectivity index (χ2v) is 6.64. The quantitative estimate of drug-likeness (QED) is 0.755. The van der Waals surface area contributed by atoms with E-state index in [2.05, 4.69) is 22.5 Å². The second-order valence-electron chi connectivity index (χ2n) is 6.64. The van der Waals surface area contributed by atoms with Crippen LogP contribution in [0.1, 0.15) is 45.1 Å². The topological polar surface area (TPSA) is 61.4 Å². The summed E-state index contributed by atoms with van der Waals surface area (Å²) in [7, 11) is 0. The van der Waals surface area contributed by atoms with E-state index in [1.54, 1.807) is 0 Å². The Morgan fingerprint density at radius 1 is 1.21 bits per heavy atom. The van der Waals surface area contributed by atoms with Crippen molar-refractivity contribution < 1.29 is 9.59 Å². The SMILES string of the molecule is CC(=O)Nc1ccc(CC(=O)NCCCN2CCCC[C@H]2C)cc1. The number of rotatable bonds is 7. The highest BCUT2D eigenvalue weighted by atomic mass is 16.2. The zero-order chi connectivity index (χ0) is 17.4. The van der Waals surface area contributed by atoms with Crippen molar-refractivity contribution in [2.75, 3.05) is 25.0 Å². The van der Waals surface area contributed by atoms with Crippen molar-refractivity contribution in [2.24, 2.45) is 0 Å². The van der Waals surface area contributed by atoms with Gasteiger partial charge in [-0.3, -0.25) is 9.59 Å². The van der Waals surface area contributed by atoms with Gasteiger partial charge in [0.05, 0.1) is 6.42 Å². The molecule has 0 spiro atoms. The molecule has 1 heterocycles. The highest BCUT2D eigenvalue weighted by molar-refractivity contribution is 5.88. The van der Waals surface area contributed by atoms with Gasteiger partial charge in [0.2, 0.25) is 11.8 Å². The van der Waals surface area contributed by atoms with Crippen LogP contribution in [0.5, 0.6) is 0 Å². The summed E-state index contributed by atoms with van der Waals surface area (Å²) < 4.78 is 0. The van der Waals surface area contributed by atoms with Crippen molar-refractivity contribution in [3.05, 3.63) is 29.8 Å². The molecule has 5 nitrogen and oxygen atoms in total. The van der Waals surface area contributed by atoms with E-state index in [0.29, 0.717) is 12.5 Å². The summed E-state index contributed by atoms with van der Waals surface area (Å²) in [6.45, 7) is 6.75. The van der Waals surface area contributed by atoms with Gasteiger partial charge < -0.3 is 15.5 Å². The molecule has 0 unspecified atom stereocenters. The van der Waals surface area contributed by atoms with E-state index in [1.807, 2.05) is 24.3 Å². The van der Waals surface area contributed by atoms with E-state index >= 15 is 0 Å². The molecule has 0 saturated carbocycles. The Kier molecular flexibility index (Phi) is 7.25. The standard InChI is InChI=1S/C19H29N3O2/c1-15-6-3-4-12-22(15)13-5-11-20-19(24)14-17-7-9-18(10-8-17)21-16(2)23/h7-10,15H,3-6,11-14H2,1-2H3,(H,20,24)(H,21,23)/t15-/m1/s1. The minimum Gasteiger partial charge on any atom is -0.356 e. The van der Waals surface area contributed by atoms with Crippen LogP contribution in [-0.2, 0) is 16.0 Å². The number of hydrogen-bond acceptors (Lipinski definition) is 3. The highest BCUT2D eigenvalue weighted by Gasteiger charge is 2.17. The Hall–Kier alpha value is -1.88. The molecule has 1 saturated heterocycles. The number of nitrogens with one attached hydrogen (secondary N) is 2. The summed E-state index contributed by atoms with van der Waals surface area (Å²) in [5.41, 5.74) is 1.70. The van der Waals surface area contributed by atoms with E-state index in [9.17, 15) is 9.59 Å². The zero-order valence-corrected chi connectivity index (χ0v) is 14.8. The molecule has 0 bridgehead atoms. The molecule has 1 aromatic carbocycles. The first-order valence-corrected chi connectivity index (χ1v) is 8.92. The molecule has 2 amide bonds. The summed E-state index contributed by atoms with van der Waals surface area (Å²) in [5, 5.41) is 5.71. The molecule has 1 atom stereocenters. The monoisotopic (exact) mass is 331 g/mol. The highest BCUT2D eigenvalue weighted by Crippen LogP contribution is 2.16. The molecule has 132 valence electrons. The van der Waals surface area contributed by atoms with Crippen LogP contribution in [-0.4, -0.2) is 42.4 Å². The van der Waals surface area contributed by atoms with E-state index in [4.69, 9.17) is 0 Å². The number of hydrogen-bond donors (Lipinski definition) is 2. The summed E-state index contributed by atoms with van der Waals surface area (Å²) >= 11 is 0. The van der Waals surface area contributed by atoms with Gasteiger partial charge >= 0.3 is 0 Å². The Balaban J connectivity index is 1.65. The van der Waals surface area contributed by atoms with Crippen LogP contribution in [0.4, 0.5) is 5.69 Å². The molecule has 2 N–H and O–H groups in total. The van der Waals surface area contributed by atoms with E-state index in [-0.39, 0.29) is 11.8 Å². The summed E-state index contributed by atoms with van der Waals surface area (Å²) in [6, 6.07) is 8.07. The third-order valence-corrected chi connectivity index (χ3v) is 4.52. The maximum absolute atomic E-state index is 12.0. The van der Waals surface area contributed by atoms with Crippen LogP contribution in [0.2, 0.25) is 0 Å². The van der Waals surface area contributed by atoms with Crippen LogP contribution < -0.4 is 10.6 Å². The minimum absolute atomic E-state index is 0.0500. The first kappa shape index (κ1) is 18.5. The maximum atomic E-state index is 12.0. The third-order valence-electron chi connectivity index (χ3n) is 4.52. The first-order valence-electron chi connectivity index (χ1n) is 8.92. The van der Waals surface area contributed by atoms with Gasteiger partial charge in [0.15, 0.2) is 0 Å². The number of anilines is 1. The van der Waals surface area contributed by atoms with Crippen molar-refractivity contribution >= 4 is 17.5 Å². The lowest BCUT2D eigenvalue weighted by atomic mass is 10.0. The number of carbonyl (C=O) groups is 2. The first-order chi connectivity index (χ1) is 11.5. The fraction of sp³-hybridized carbons (Fsp3) is 0.579. The number of likely N-dealkylation sites (tertiary alicyclic amines) is 1. The fourth-order valence-electron chi connectivity index (χ4n) is 3.16. The largest absolute Gasteiger partial charge is 0.356 e. The molecule has 0 radical (unpaired) electrons. The Morgan fingerprint density at radius 3 is 2.62 bits per heavy atom. The molecule has 5 heteroatoms. The van der Waals surface area contributed by atoms with Crippen molar-refractivity contribution in [3.63, 3.8) is 0 Å². The number of nitrogens with zero attached hydrogens (tertiary/aromatic N) is 1. The van der Waals surface area contributed by atoms with Gasteiger partial charge in [-0.25, -0.2) is 0 Å². The van der Waals surface area contributed by atoms with E-state index in [0.717, 1.165) is 30.8 Å². The van der Waals surface area contributed by atoms with Gasteiger partial charge in [0.25, 0.3) is 0 Å². The van der Waals surface area contributed by atoms with E-state index < -0.39 is 0 Å². The molecule has 1 aliphatic rings. The number of amides is 2. The third kappa shape index (κ3) is 6.32. The minimum atomic E-state index is -0.0940. The fourth-order valence-corrected chi connectivity index (χ4v) is 3.16. The van der Waals surface area contributed by atoms with Gasteiger partial charge in [-0.15, -0.1) is 0 Å². The zero-order valence-electron chi connectivity index (χ0n) is 14.8. The van der Waals surface area contributed by atoms with Crippen LogP contribution in [0.15, 0.2) is 24.3 Å². The lowest BCUT2D eigenvalue weighted by molar-refractivity contribution is -0.120. The lowest BCUT2D eigenvalue weighted by Gasteiger charge is -2.33. The number of benzene rings is 1. The summed E-state index contributed by atoms with van der Waals surface area (Å²) in [6.07, 6.45) is 5.30. The van der Waals surface area contributed by atoms with Gasteiger partial charge in [0.1, 0.15) is 0 Å². The molecule has 1 fully saturated rings. The Morgan fingerprint density at radius 2 is 1.96 bits per heavy atom. The van der Waals surface area contributed by atoms with E-state index in [1.165, 1.54) is 32.7 Å². The predicted molar refractivity (Wildman–Crippen MR) is 97.0 cm³/mol. The second kappa shape index (κ2) is 9.42. The smallest absolute Gasteiger partial charge is 0.224 e. The molecular formula is C19H29N3O2. The van der Waals surface area contributed by atoms with Gasteiger partial charge in [-0.2, -0.15) is 0 Å². The number of piperidine rings is 1. The van der Waals surface area contributed by atoms with Gasteiger partial charge in [-0.1, -0.05) is 18.6 Å². The van der Waals surface area contributed by atoms with Crippen molar-refractivity contribution in [1.29, 1.82) is 0 Å². The van der Waals surface area contributed by atoms with Crippen molar-refractivity contribution in [3.8, 4) is 0 Å². The molecule has 1 aromatic rings. The normalized spacial score (nSPS) is 18.2. The summed E-state index contributed by atoms with van der Waals surface area (Å²) in [4.78, 5) is 25.5. The molecule has 0 aliphatic carbocycles. The lowest BCUT2D eigenvalue weighted by Crippen LogP contribution is -2.39. The molecule has 0 aromatic heterocycles.